The number of ether oxygens (including phenoxy) is 1. The van der Waals surface area contributed by atoms with Gasteiger partial charge >= 0.3 is 0 Å². The molecule has 0 bridgehead atoms. The second-order valence-corrected chi connectivity index (χ2v) is 9.12. The zero-order valence-electron chi connectivity index (χ0n) is 18.7. The van der Waals surface area contributed by atoms with E-state index in [0.717, 1.165) is 37.7 Å². The molecule has 0 spiro atoms. The van der Waals surface area contributed by atoms with Crippen molar-refractivity contribution in [2.75, 3.05) is 26.2 Å². The fraction of sp³-hybridized carbons (Fsp3) is 0.519. The van der Waals surface area contributed by atoms with E-state index in [1.54, 1.807) is 0 Å². The number of hydrogen-bond donors (Lipinski definition) is 1. The van der Waals surface area contributed by atoms with Crippen LogP contribution in [0.4, 0.5) is 0 Å². The van der Waals surface area contributed by atoms with E-state index in [2.05, 4.69) is 34.5 Å². The third kappa shape index (κ3) is 7.39. The average molecular weight is 421 g/mol. The van der Waals surface area contributed by atoms with Crippen molar-refractivity contribution in [1.29, 1.82) is 0 Å². The number of likely N-dealkylation sites (tertiary alicyclic amines) is 1. The van der Waals surface area contributed by atoms with Gasteiger partial charge in [0, 0.05) is 18.7 Å². The number of carbonyl (C=O) groups excluding carboxylic acids is 1. The van der Waals surface area contributed by atoms with Crippen molar-refractivity contribution in [3.8, 4) is 5.75 Å². The first kappa shape index (κ1) is 21.9. The van der Waals surface area contributed by atoms with Gasteiger partial charge in [0.15, 0.2) is 0 Å². The van der Waals surface area contributed by atoms with Gasteiger partial charge in [-0.25, -0.2) is 0 Å². The summed E-state index contributed by atoms with van der Waals surface area (Å²) in [5.41, 5.74) is 3.33. The molecule has 4 nitrogen and oxygen atoms in total. The van der Waals surface area contributed by atoms with Gasteiger partial charge < -0.3 is 10.1 Å². The minimum absolute atomic E-state index is 0.0256. The molecule has 0 radical (unpaired) electrons. The van der Waals surface area contributed by atoms with Crippen molar-refractivity contribution in [2.24, 2.45) is 5.92 Å². The molecule has 1 saturated heterocycles. The minimum Gasteiger partial charge on any atom is -0.494 e. The monoisotopic (exact) mass is 420 g/mol. The van der Waals surface area contributed by atoms with Gasteiger partial charge in [0.05, 0.1) is 6.61 Å². The molecule has 166 valence electrons. The van der Waals surface area contributed by atoms with E-state index in [0.29, 0.717) is 12.1 Å². The topological polar surface area (TPSA) is 41.6 Å². The third-order valence-corrected chi connectivity index (χ3v) is 6.44. The summed E-state index contributed by atoms with van der Waals surface area (Å²) in [5.74, 6) is 1.69. The lowest BCUT2D eigenvalue weighted by Crippen LogP contribution is -2.25. The SMILES string of the molecule is O=C(NCCc1ccc(CN2CCCCCC2)cc1)c1ccc(OCCC2CC2)cc1. The number of benzene rings is 2. The Hall–Kier alpha value is -2.33. The summed E-state index contributed by atoms with van der Waals surface area (Å²) in [6, 6.07) is 16.4. The molecular weight excluding hydrogens is 384 g/mol. The Bertz CT molecular complexity index is 804. The lowest BCUT2D eigenvalue weighted by molar-refractivity contribution is 0.0954. The molecule has 2 aromatic rings. The second kappa shape index (κ2) is 11.3. The Morgan fingerprint density at radius 2 is 1.58 bits per heavy atom. The Kier molecular flexibility index (Phi) is 8.00. The summed E-state index contributed by atoms with van der Waals surface area (Å²) in [7, 11) is 0. The fourth-order valence-corrected chi connectivity index (χ4v) is 4.24. The molecule has 0 unspecified atom stereocenters. The van der Waals surface area contributed by atoms with Gasteiger partial charge in [-0.2, -0.15) is 0 Å². The molecule has 2 aromatic carbocycles. The zero-order chi connectivity index (χ0) is 21.3. The van der Waals surface area contributed by atoms with E-state index in [4.69, 9.17) is 4.74 Å². The van der Waals surface area contributed by atoms with Crippen molar-refractivity contribution in [2.45, 2.75) is 57.9 Å². The van der Waals surface area contributed by atoms with Gasteiger partial charge in [0.25, 0.3) is 5.91 Å². The van der Waals surface area contributed by atoms with E-state index in [-0.39, 0.29) is 5.91 Å². The van der Waals surface area contributed by atoms with Crippen LogP contribution in [0, 0.1) is 5.92 Å². The van der Waals surface area contributed by atoms with Crippen LogP contribution in [-0.2, 0) is 13.0 Å². The van der Waals surface area contributed by atoms with Gasteiger partial charge in [-0.3, -0.25) is 9.69 Å². The number of amides is 1. The molecule has 1 aliphatic heterocycles. The summed E-state index contributed by atoms with van der Waals surface area (Å²) >= 11 is 0. The van der Waals surface area contributed by atoms with Gasteiger partial charge in [0.1, 0.15) is 5.75 Å². The van der Waals surface area contributed by atoms with E-state index < -0.39 is 0 Å². The van der Waals surface area contributed by atoms with Gasteiger partial charge in [-0.15, -0.1) is 0 Å². The van der Waals surface area contributed by atoms with Crippen molar-refractivity contribution in [3.63, 3.8) is 0 Å². The van der Waals surface area contributed by atoms with Crippen molar-refractivity contribution >= 4 is 5.91 Å². The number of hydrogen-bond acceptors (Lipinski definition) is 3. The molecule has 4 heteroatoms. The molecule has 1 amide bonds. The van der Waals surface area contributed by atoms with Gasteiger partial charge in [0.2, 0.25) is 0 Å². The molecule has 0 atom stereocenters. The summed E-state index contributed by atoms with van der Waals surface area (Å²) < 4.78 is 5.76. The quantitative estimate of drug-likeness (QED) is 0.573. The zero-order valence-corrected chi connectivity index (χ0v) is 18.7. The molecule has 1 heterocycles. The van der Waals surface area contributed by atoms with Crippen LogP contribution in [0.2, 0.25) is 0 Å². The predicted octanol–water partition coefficient (Wildman–Crippen LogP) is 5.21. The summed E-state index contributed by atoms with van der Waals surface area (Å²) in [6.45, 7) is 4.91. The van der Waals surface area contributed by atoms with Crippen molar-refractivity contribution in [1.82, 2.24) is 10.2 Å². The fourth-order valence-electron chi connectivity index (χ4n) is 4.24. The number of carbonyl (C=O) groups is 1. The molecule has 0 aromatic heterocycles. The molecule has 2 aliphatic rings. The molecule has 1 saturated carbocycles. The molecule has 4 rings (SSSR count). The van der Waals surface area contributed by atoms with Crippen molar-refractivity contribution in [3.05, 3.63) is 65.2 Å². The highest BCUT2D eigenvalue weighted by molar-refractivity contribution is 5.94. The largest absolute Gasteiger partial charge is 0.494 e. The van der Waals surface area contributed by atoms with Gasteiger partial charge in [-0.05, 0) is 80.1 Å². The summed E-state index contributed by atoms with van der Waals surface area (Å²) in [4.78, 5) is 15.0. The molecule has 1 N–H and O–H groups in total. The van der Waals surface area contributed by atoms with Crippen LogP contribution in [0.1, 0.15) is 66.4 Å². The number of rotatable bonds is 10. The van der Waals surface area contributed by atoms with E-state index in [1.165, 1.54) is 62.7 Å². The van der Waals surface area contributed by atoms with E-state index in [1.807, 2.05) is 24.3 Å². The van der Waals surface area contributed by atoms with Crippen LogP contribution in [-0.4, -0.2) is 37.0 Å². The van der Waals surface area contributed by atoms with Crippen LogP contribution in [0.25, 0.3) is 0 Å². The molecular formula is C27H36N2O2. The predicted molar refractivity (Wildman–Crippen MR) is 126 cm³/mol. The first-order chi connectivity index (χ1) is 15.3. The Morgan fingerprint density at radius 3 is 2.26 bits per heavy atom. The normalized spacial score (nSPS) is 17.2. The van der Waals surface area contributed by atoms with Crippen LogP contribution < -0.4 is 10.1 Å². The first-order valence-electron chi connectivity index (χ1n) is 12.1. The smallest absolute Gasteiger partial charge is 0.251 e. The van der Waals surface area contributed by atoms with Crippen LogP contribution in [0.3, 0.4) is 0 Å². The maximum absolute atomic E-state index is 12.4. The first-order valence-corrected chi connectivity index (χ1v) is 12.1. The second-order valence-electron chi connectivity index (χ2n) is 9.12. The van der Waals surface area contributed by atoms with Crippen LogP contribution in [0.5, 0.6) is 5.75 Å². The number of nitrogens with zero attached hydrogens (tertiary/aromatic N) is 1. The maximum Gasteiger partial charge on any atom is 0.251 e. The van der Waals surface area contributed by atoms with Gasteiger partial charge in [-0.1, -0.05) is 49.9 Å². The van der Waals surface area contributed by atoms with Crippen molar-refractivity contribution < 1.29 is 9.53 Å². The van der Waals surface area contributed by atoms with E-state index >= 15 is 0 Å². The highest BCUT2D eigenvalue weighted by Crippen LogP contribution is 2.32. The number of nitrogens with one attached hydrogen (secondary N) is 1. The summed E-state index contributed by atoms with van der Waals surface area (Å²) in [5, 5.41) is 3.03. The Labute approximate surface area is 187 Å². The molecule has 1 aliphatic carbocycles. The average Bonchev–Trinajstić information content (AvgIpc) is 3.63. The molecule has 2 fully saturated rings. The van der Waals surface area contributed by atoms with E-state index in [9.17, 15) is 4.79 Å². The molecule has 31 heavy (non-hydrogen) atoms. The van der Waals surface area contributed by atoms with Crippen LogP contribution >= 0.6 is 0 Å². The lowest BCUT2D eigenvalue weighted by atomic mass is 10.1. The van der Waals surface area contributed by atoms with Crippen LogP contribution in [0.15, 0.2) is 48.5 Å². The maximum atomic E-state index is 12.4. The standard InChI is InChI=1S/C27H36N2O2/c30-27(25-11-13-26(14-12-25)31-20-16-23-5-6-23)28-17-15-22-7-9-24(10-8-22)21-29-18-3-1-2-4-19-29/h7-14,23H,1-6,15-21H2,(H,28,30). The highest BCUT2D eigenvalue weighted by atomic mass is 16.5. The third-order valence-electron chi connectivity index (χ3n) is 6.44. The Morgan fingerprint density at radius 1 is 0.903 bits per heavy atom. The Balaban J connectivity index is 1.16. The summed E-state index contributed by atoms with van der Waals surface area (Å²) in [6.07, 6.45) is 10.1. The highest BCUT2D eigenvalue weighted by Gasteiger charge is 2.20. The lowest BCUT2D eigenvalue weighted by Gasteiger charge is -2.19. The minimum atomic E-state index is -0.0256.